The summed E-state index contributed by atoms with van der Waals surface area (Å²) >= 11 is 13.3. The summed E-state index contributed by atoms with van der Waals surface area (Å²) in [7, 11) is 0. The molecule has 0 aliphatic heterocycles. The van der Waals surface area contributed by atoms with Crippen LogP contribution < -0.4 is 0 Å². The summed E-state index contributed by atoms with van der Waals surface area (Å²) < 4.78 is 13.0. The second kappa shape index (κ2) is 5.87. The van der Waals surface area contributed by atoms with Gasteiger partial charge in [-0.05, 0) is 25.1 Å². The molecule has 0 amide bonds. The summed E-state index contributed by atoms with van der Waals surface area (Å²) in [6.07, 6.45) is 0. The maximum atomic E-state index is 13.0. The largest absolute Gasteiger partial charge is 0.220 e. The predicted molar refractivity (Wildman–Crippen MR) is 72.8 cm³/mol. The monoisotopic (exact) mass is 302 g/mol. The lowest BCUT2D eigenvalue weighted by Crippen LogP contribution is -1.96. The van der Waals surface area contributed by atoms with Crippen molar-refractivity contribution >= 4 is 35.0 Å². The zero-order chi connectivity index (χ0) is 13.1. The van der Waals surface area contributed by atoms with Crippen LogP contribution in [-0.2, 0) is 5.75 Å². The van der Waals surface area contributed by atoms with Crippen LogP contribution in [0.25, 0.3) is 0 Å². The Kier molecular flexibility index (Phi) is 4.43. The molecule has 0 fully saturated rings. The third-order valence-electron chi connectivity index (χ3n) is 2.24. The van der Waals surface area contributed by atoms with Gasteiger partial charge >= 0.3 is 0 Å². The second-order valence-electron chi connectivity index (χ2n) is 3.59. The van der Waals surface area contributed by atoms with E-state index >= 15 is 0 Å². The smallest absolute Gasteiger partial charge is 0.142 e. The first kappa shape index (κ1) is 13.6. The first-order valence-electron chi connectivity index (χ1n) is 5.13. The molecule has 18 heavy (non-hydrogen) atoms. The molecule has 1 aromatic heterocycles. The van der Waals surface area contributed by atoms with Crippen molar-refractivity contribution in [2.45, 2.75) is 17.6 Å². The lowest BCUT2D eigenvalue weighted by molar-refractivity contribution is 0.624. The van der Waals surface area contributed by atoms with Gasteiger partial charge in [-0.15, -0.1) is 11.8 Å². The standard InChI is InChI=1S/C12H9Cl2FN2S/c1-7-11(13)16-10(17-12(7)14)6-18-9-4-2-3-8(15)5-9/h2-5H,6H2,1H3. The molecule has 0 atom stereocenters. The molecule has 0 saturated carbocycles. The molecule has 1 aromatic carbocycles. The minimum Gasteiger partial charge on any atom is -0.220 e. The molecule has 2 nitrogen and oxygen atoms in total. The van der Waals surface area contributed by atoms with E-state index in [1.54, 1.807) is 13.0 Å². The van der Waals surface area contributed by atoms with Crippen LogP contribution in [0.15, 0.2) is 29.2 Å². The van der Waals surface area contributed by atoms with E-state index in [2.05, 4.69) is 9.97 Å². The number of hydrogen-bond donors (Lipinski definition) is 0. The highest BCUT2D eigenvalue weighted by atomic mass is 35.5. The molecule has 0 unspecified atom stereocenters. The fourth-order valence-corrected chi connectivity index (χ4v) is 2.49. The van der Waals surface area contributed by atoms with Gasteiger partial charge in [0.1, 0.15) is 21.9 Å². The Morgan fingerprint density at radius 2 is 1.89 bits per heavy atom. The van der Waals surface area contributed by atoms with Gasteiger partial charge in [-0.3, -0.25) is 0 Å². The predicted octanol–water partition coefficient (Wildman–Crippen LogP) is 4.52. The molecule has 0 aliphatic rings. The molecule has 94 valence electrons. The van der Waals surface area contributed by atoms with E-state index in [9.17, 15) is 4.39 Å². The van der Waals surface area contributed by atoms with Gasteiger partial charge in [0, 0.05) is 10.5 Å². The zero-order valence-electron chi connectivity index (χ0n) is 9.45. The van der Waals surface area contributed by atoms with Crippen molar-refractivity contribution in [2.24, 2.45) is 0 Å². The minimum absolute atomic E-state index is 0.263. The molecule has 1 heterocycles. The van der Waals surface area contributed by atoms with Crippen LogP contribution in [-0.4, -0.2) is 9.97 Å². The van der Waals surface area contributed by atoms with Gasteiger partial charge in [0.15, 0.2) is 0 Å². The summed E-state index contributed by atoms with van der Waals surface area (Å²) in [5, 5.41) is 0.703. The maximum Gasteiger partial charge on any atom is 0.142 e. The number of benzene rings is 1. The van der Waals surface area contributed by atoms with Gasteiger partial charge in [-0.2, -0.15) is 0 Å². The normalized spacial score (nSPS) is 10.7. The number of nitrogens with zero attached hydrogens (tertiary/aromatic N) is 2. The van der Waals surface area contributed by atoms with Crippen LogP contribution in [0.1, 0.15) is 11.4 Å². The SMILES string of the molecule is Cc1c(Cl)nc(CSc2cccc(F)c2)nc1Cl. The zero-order valence-corrected chi connectivity index (χ0v) is 11.8. The van der Waals surface area contributed by atoms with Gasteiger partial charge in [0.05, 0.1) is 5.75 Å². The van der Waals surface area contributed by atoms with Gasteiger partial charge in [-0.25, -0.2) is 14.4 Å². The lowest BCUT2D eigenvalue weighted by atomic mass is 10.4. The molecular weight excluding hydrogens is 294 g/mol. The van der Waals surface area contributed by atoms with Crippen LogP contribution in [0.3, 0.4) is 0 Å². The quantitative estimate of drug-likeness (QED) is 0.615. The van der Waals surface area contributed by atoms with E-state index in [0.29, 0.717) is 27.4 Å². The Morgan fingerprint density at radius 1 is 1.22 bits per heavy atom. The molecular formula is C12H9Cl2FN2S. The lowest BCUT2D eigenvalue weighted by Gasteiger charge is -2.04. The summed E-state index contributed by atoms with van der Waals surface area (Å²) in [4.78, 5) is 9.06. The van der Waals surface area contributed by atoms with E-state index in [4.69, 9.17) is 23.2 Å². The first-order chi connectivity index (χ1) is 8.56. The van der Waals surface area contributed by atoms with Crippen molar-refractivity contribution in [3.63, 3.8) is 0 Å². The fourth-order valence-electron chi connectivity index (χ4n) is 1.27. The third-order valence-corrected chi connectivity index (χ3v) is 3.96. The Hall–Kier alpha value is -0.840. The Labute approximate surface area is 119 Å². The topological polar surface area (TPSA) is 25.8 Å². The molecule has 0 N–H and O–H groups in total. The Morgan fingerprint density at radius 3 is 2.50 bits per heavy atom. The number of aromatic nitrogens is 2. The molecule has 0 spiro atoms. The average Bonchev–Trinajstić information content (AvgIpc) is 2.33. The Bertz CT molecular complexity index is 555. The summed E-state index contributed by atoms with van der Waals surface area (Å²) in [5.74, 6) is 0.758. The van der Waals surface area contributed by atoms with Crippen LogP contribution in [0.4, 0.5) is 4.39 Å². The summed E-state index contributed by atoms with van der Waals surface area (Å²) in [6, 6.07) is 6.35. The highest BCUT2D eigenvalue weighted by molar-refractivity contribution is 7.98. The molecule has 6 heteroatoms. The summed E-state index contributed by atoms with van der Waals surface area (Å²) in [6.45, 7) is 1.76. The van der Waals surface area contributed by atoms with E-state index < -0.39 is 0 Å². The highest BCUT2D eigenvalue weighted by Gasteiger charge is 2.08. The number of rotatable bonds is 3. The van der Waals surface area contributed by atoms with Crippen LogP contribution in [0.5, 0.6) is 0 Å². The van der Waals surface area contributed by atoms with E-state index in [1.165, 1.54) is 23.9 Å². The third kappa shape index (κ3) is 3.34. The van der Waals surface area contributed by atoms with Gasteiger partial charge < -0.3 is 0 Å². The van der Waals surface area contributed by atoms with E-state index in [0.717, 1.165) is 4.90 Å². The van der Waals surface area contributed by atoms with Crippen molar-refractivity contribution < 1.29 is 4.39 Å². The number of hydrogen-bond acceptors (Lipinski definition) is 3. The van der Waals surface area contributed by atoms with Gasteiger partial charge in [-0.1, -0.05) is 29.3 Å². The second-order valence-corrected chi connectivity index (χ2v) is 5.36. The van der Waals surface area contributed by atoms with Gasteiger partial charge in [0.2, 0.25) is 0 Å². The Balaban J connectivity index is 2.11. The molecule has 0 aliphatic carbocycles. The van der Waals surface area contributed by atoms with Crippen LogP contribution >= 0.6 is 35.0 Å². The highest BCUT2D eigenvalue weighted by Crippen LogP contribution is 2.25. The summed E-state index contributed by atoms with van der Waals surface area (Å²) in [5.41, 5.74) is 0.665. The van der Waals surface area contributed by atoms with Crippen molar-refractivity contribution in [3.8, 4) is 0 Å². The molecule has 0 saturated heterocycles. The molecule has 0 radical (unpaired) electrons. The minimum atomic E-state index is -0.263. The van der Waals surface area contributed by atoms with Gasteiger partial charge in [0.25, 0.3) is 0 Å². The van der Waals surface area contributed by atoms with Crippen LogP contribution in [0, 0.1) is 12.7 Å². The maximum absolute atomic E-state index is 13.0. The first-order valence-corrected chi connectivity index (χ1v) is 6.87. The van der Waals surface area contributed by atoms with Crippen LogP contribution in [0.2, 0.25) is 10.3 Å². The fraction of sp³-hybridized carbons (Fsp3) is 0.167. The molecule has 2 aromatic rings. The van der Waals surface area contributed by atoms with Crippen molar-refractivity contribution in [3.05, 3.63) is 51.8 Å². The van der Waals surface area contributed by atoms with E-state index in [-0.39, 0.29) is 5.82 Å². The van der Waals surface area contributed by atoms with Crippen molar-refractivity contribution in [2.75, 3.05) is 0 Å². The number of thioether (sulfide) groups is 1. The molecule has 2 rings (SSSR count). The van der Waals surface area contributed by atoms with E-state index in [1.807, 2.05) is 6.07 Å². The molecule has 0 bridgehead atoms. The average molecular weight is 303 g/mol. The van der Waals surface area contributed by atoms with Crippen molar-refractivity contribution in [1.82, 2.24) is 9.97 Å². The number of halogens is 3. The van der Waals surface area contributed by atoms with Crippen molar-refractivity contribution in [1.29, 1.82) is 0 Å².